The van der Waals surface area contributed by atoms with Gasteiger partial charge in [-0.15, -0.1) is 0 Å². The molecule has 1 atom stereocenters. The Morgan fingerprint density at radius 2 is 1.54 bits per heavy atom. The van der Waals surface area contributed by atoms with Crippen molar-refractivity contribution >= 4 is 39.1 Å². The van der Waals surface area contributed by atoms with E-state index < -0.39 is 28.5 Å². The quantitative estimate of drug-likeness (QED) is 0.338. The Labute approximate surface area is 236 Å². The van der Waals surface area contributed by atoms with Crippen LogP contribution in [0.2, 0.25) is 5.02 Å². The summed E-state index contributed by atoms with van der Waals surface area (Å²) in [5, 5.41) is 3.35. The first kappa shape index (κ1) is 30.2. The summed E-state index contributed by atoms with van der Waals surface area (Å²) in [5.74, 6) is -0.564. The number of aryl methyl sites for hydroxylation is 2. The summed E-state index contributed by atoms with van der Waals surface area (Å²) in [6, 6.07) is 19.6. The van der Waals surface area contributed by atoms with Gasteiger partial charge >= 0.3 is 0 Å². The Kier molecular flexibility index (Phi) is 10.2. The highest BCUT2D eigenvalue weighted by molar-refractivity contribution is 7.92. The molecule has 1 N–H and O–H groups in total. The zero-order valence-corrected chi connectivity index (χ0v) is 24.6. The third kappa shape index (κ3) is 7.61. The maximum absolute atomic E-state index is 14.0. The molecule has 3 aromatic rings. The number of rotatable bonds is 11. The molecule has 0 fully saturated rings. The van der Waals surface area contributed by atoms with Gasteiger partial charge in [0.15, 0.2) is 0 Å². The van der Waals surface area contributed by atoms with E-state index in [0.717, 1.165) is 15.4 Å². The number of hydrogen-bond acceptors (Lipinski definition) is 4. The lowest BCUT2D eigenvalue weighted by Crippen LogP contribution is -2.51. The third-order valence-corrected chi connectivity index (χ3v) is 8.50. The summed E-state index contributed by atoms with van der Waals surface area (Å²) in [4.78, 5) is 28.6. The molecule has 0 aromatic heterocycles. The molecule has 0 aliphatic heterocycles. The highest BCUT2D eigenvalue weighted by atomic mass is 35.5. The van der Waals surface area contributed by atoms with Crippen molar-refractivity contribution in [2.75, 3.05) is 17.4 Å². The molecule has 3 aromatic carbocycles. The fourth-order valence-corrected chi connectivity index (χ4v) is 5.86. The molecule has 7 nitrogen and oxygen atoms in total. The van der Waals surface area contributed by atoms with Gasteiger partial charge in [-0.05, 0) is 73.7 Å². The minimum absolute atomic E-state index is 0.0559. The average Bonchev–Trinajstić information content (AvgIpc) is 2.90. The molecule has 0 heterocycles. The number of carbonyl (C=O) groups is 2. The van der Waals surface area contributed by atoms with Crippen LogP contribution in [-0.4, -0.2) is 44.3 Å². The summed E-state index contributed by atoms with van der Waals surface area (Å²) in [7, 11) is -4.12. The number of amides is 2. The average molecular weight is 570 g/mol. The number of anilines is 1. The molecular formula is C30H36ClN3O4S. The SMILES string of the molecule is Cc1ccccc1CN(C(=O)CN(c1ccc(Cl)cc1C)S(=O)(=O)c1ccccc1)[C@H](C)C(=O)NCC(C)C. The number of nitrogens with one attached hydrogen (secondary N) is 1. The molecule has 0 aliphatic rings. The van der Waals surface area contributed by atoms with Gasteiger partial charge in [0, 0.05) is 18.1 Å². The van der Waals surface area contributed by atoms with Crippen LogP contribution < -0.4 is 9.62 Å². The van der Waals surface area contributed by atoms with Crippen LogP contribution in [0.4, 0.5) is 5.69 Å². The number of benzene rings is 3. The van der Waals surface area contributed by atoms with Gasteiger partial charge in [0.2, 0.25) is 11.8 Å². The van der Waals surface area contributed by atoms with Crippen LogP contribution in [0.1, 0.15) is 37.5 Å². The summed E-state index contributed by atoms with van der Waals surface area (Å²) in [5.41, 5.74) is 2.77. The Morgan fingerprint density at radius 1 is 0.897 bits per heavy atom. The van der Waals surface area contributed by atoms with Gasteiger partial charge in [-0.1, -0.05) is 67.9 Å². The lowest BCUT2D eigenvalue weighted by atomic mass is 10.1. The molecular weight excluding hydrogens is 534 g/mol. The van der Waals surface area contributed by atoms with Crippen LogP contribution in [0, 0.1) is 19.8 Å². The fraction of sp³-hybridized carbons (Fsp3) is 0.333. The van der Waals surface area contributed by atoms with Gasteiger partial charge in [0.05, 0.1) is 10.6 Å². The lowest BCUT2D eigenvalue weighted by molar-refractivity contribution is -0.139. The molecule has 0 saturated heterocycles. The largest absolute Gasteiger partial charge is 0.354 e. The van der Waals surface area contributed by atoms with E-state index in [1.54, 1.807) is 50.2 Å². The van der Waals surface area contributed by atoms with E-state index in [4.69, 9.17) is 11.6 Å². The second-order valence-corrected chi connectivity index (χ2v) is 12.3. The lowest BCUT2D eigenvalue weighted by Gasteiger charge is -2.33. The van der Waals surface area contributed by atoms with Crippen molar-refractivity contribution in [3.05, 3.63) is 94.5 Å². The predicted octanol–water partition coefficient (Wildman–Crippen LogP) is 5.34. The monoisotopic (exact) mass is 569 g/mol. The molecule has 0 radical (unpaired) electrons. The zero-order valence-electron chi connectivity index (χ0n) is 23.0. The van der Waals surface area contributed by atoms with E-state index in [0.29, 0.717) is 22.8 Å². The van der Waals surface area contributed by atoms with Crippen LogP contribution in [0.3, 0.4) is 0 Å². The predicted molar refractivity (Wildman–Crippen MR) is 156 cm³/mol. The number of halogens is 1. The van der Waals surface area contributed by atoms with Crippen molar-refractivity contribution in [1.82, 2.24) is 10.2 Å². The Balaban J connectivity index is 2.04. The summed E-state index contributed by atoms with van der Waals surface area (Å²) in [6.45, 7) is 9.44. The van der Waals surface area contributed by atoms with Crippen molar-refractivity contribution in [2.45, 2.75) is 52.1 Å². The molecule has 39 heavy (non-hydrogen) atoms. The molecule has 3 rings (SSSR count). The summed E-state index contributed by atoms with van der Waals surface area (Å²) >= 11 is 6.15. The zero-order chi connectivity index (χ0) is 28.7. The van der Waals surface area contributed by atoms with E-state index >= 15 is 0 Å². The first-order valence-corrected chi connectivity index (χ1v) is 14.7. The van der Waals surface area contributed by atoms with Crippen molar-refractivity contribution in [3.8, 4) is 0 Å². The minimum atomic E-state index is -4.12. The van der Waals surface area contributed by atoms with Crippen LogP contribution in [0.25, 0.3) is 0 Å². The molecule has 0 unspecified atom stereocenters. The first-order chi connectivity index (χ1) is 18.4. The van der Waals surface area contributed by atoms with Crippen molar-refractivity contribution in [3.63, 3.8) is 0 Å². The smallest absolute Gasteiger partial charge is 0.264 e. The van der Waals surface area contributed by atoms with Gasteiger partial charge in [0.1, 0.15) is 12.6 Å². The number of sulfonamides is 1. The molecule has 0 spiro atoms. The molecule has 208 valence electrons. The Bertz CT molecular complexity index is 1410. The van der Waals surface area contributed by atoms with Gasteiger partial charge < -0.3 is 10.2 Å². The molecule has 2 amide bonds. The van der Waals surface area contributed by atoms with Crippen molar-refractivity contribution in [2.24, 2.45) is 5.92 Å². The second kappa shape index (κ2) is 13.1. The third-order valence-electron chi connectivity index (χ3n) is 6.49. The Morgan fingerprint density at radius 3 is 2.15 bits per heavy atom. The van der Waals surface area contributed by atoms with E-state index in [1.807, 2.05) is 45.0 Å². The normalized spacial score (nSPS) is 12.2. The molecule has 9 heteroatoms. The van der Waals surface area contributed by atoms with Crippen molar-refractivity contribution < 1.29 is 18.0 Å². The van der Waals surface area contributed by atoms with Gasteiger partial charge in [0.25, 0.3) is 10.0 Å². The number of hydrogen-bond donors (Lipinski definition) is 1. The number of carbonyl (C=O) groups excluding carboxylic acids is 2. The topological polar surface area (TPSA) is 86.8 Å². The second-order valence-electron chi connectivity index (χ2n) is 10.0. The standard InChI is InChI=1S/C30H36ClN3O4S/c1-21(2)18-32-30(36)24(5)33(19-25-12-10-9-11-22(25)3)29(35)20-34(28-16-15-26(31)17-23(28)4)39(37,38)27-13-7-6-8-14-27/h6-17,21,24H,18-20H2,1-5H3,(H,32,36)/t24-/m1/s1. The van der Waals surface area contributed by atoms with Crippen LogP contribution in [0.15, 0.2) is 77.7 Å². The van der Waals surface area contributed by atoms with Gasteiger partial charge in [-0.25, -0.2) is 8.42 Å². The highest BCUT2D eigenvalue weighted by Crippen LogP contribution is 2.29. The highest BCUT2D eigenvalue weighted by Gasteiger charge is 2.33. The van der Waals surface area contributed by atoms with E-state index in [1.165, 1.54) is 17.0 Å². The fourth-order valence-electron chi connectivity index (χ4n) is 4.14. The van der Waals surface area contributed by atoms with Crippen LogP contribution >= 0.6 is 11.6 Å². The van der Waals surface area contributed by atoms with Crippen LogP contribution in [0.5, 0.6) is 0 Å². The van der Waals surface area contributed by atoms with Crippen molar-refractivity contribution in [1.29, 1.82) is 0 Å². The van der Waals surface area contributed by atoms with Gasteiger partial charge in [-0.2, -0.15) is 0 Å². The minimum Gasteiger partial charge on any atom is -0.354 e. The van der Waals surface area contributed by atoms with Gasteiger partial charge in [-0.3, -0.25) is 13.9 Å². The summed E-state index contributed by atoms with van der Waals surface area (Å²) < 4.78 is 28.8. The van der Waals surface area contributed by atoms with Crippen LogP contribution in [-0.2, 0) is 26.2 Å². The molecule has 0 saturated carbocycles. The van der Waals surface area contributed by atoms with E-state index in [9.17, 15) is 18.0 Å². The van der Waals surface area contributed by atoms with E-state index in [2.05, 4.69) is 5.32 Å². The Hall–Kier alpha value is -3.36. The number of nitrogens with zero attached hydrogens (tertiary/aromatic N) is 2. The summed E-state index contributed by atoms with van der Waals surface area (Å²) in [6.07, 6.45) is 0. The maximum Gasteiger partial charge on any atom is 0.264 e. The van der Waals surface area contributed by atoms with E-state index in [-0.39, 0.29) is 23.3 Å². The maximum atomic E-state index is 14.0. The molecule has 0 bridgehead atoms. The molecule has 0 aliphatic carbocycles. The first-order valence-electron chi connectivity index (χ1n) is 12.9.